The summed E-state index contributed by atoms with van der Waals surface area (Å²) in [5, 5.41) is 0. The van der Waals surface area contributed by atoms with Gasteiger partial charge in [0.1, 0.15) is 11.5 Å². The van der Waals surface area contributed by atoms with Crippen LogP contribution in [-0.2, 0) is 13.2 Å². The van der Waals surface area contributed by atoms with Gasteiger partial charge in [0, 0.05) is 12.6 Å². The van der Waals surface area contributed by atoms with E-state index in [0.29, 0.717) is 12.1 Å². The second-order valence-electron chi connectivity index (χ2n) is 3.91. The van der Waals surface area contributed by atoms with Gasteiger partial charge in [-0.05, 0) is 12.1 Å². The lowest BCUT2D eigenvalue weighted by Gasteiger charge is -2.09. The van der Waals surface area contributed by atoms with Gasteiger partial charge in [-0.2, -0.15) is 13.2 Å². The summed E-state index contributed by atoms with van der Waals surface area (Å²) in [5.41, 5.74) is -1.39. The van der Waals surface area contributed by atoms with E-state index in [4.69, 9.17) is 0 Å². The smallest absolute Gasteiger partial charge is 0.331 e. The van der Waals surface area contributed by atoms with E-state index >= 15 is 0 Å². The Kier molecular flexibility index (Phi) is 3.13. The average molecular weight is 272 g/mol. The molecule has 2 aromatic rings. The van der Waals surface area contributed by atoms with Crippen LogP contribution in [0.5, 0.6) is 0 Å². The first-order valence-electron chi connectivity index (χ1n) is 5.18. The van der Waals surface area contributed by atoms with Gasteiger partial charge in [0.2, 0.25) is 5.78 Å². The Bertz CT molecular complexity index is 631. The number of carbonyl (C=O) groups is 1. The van der Waals surface area contributed by atoms with Crippen LogP contribution in [0, 0.1) is 5.82 Å². The lowest BCUT2D eigenvalue weighted by Crippen LogP contribution is -2.11. The minimum atomic E-state index is -4.78. The summed E-state index contributed by atoms with van der Waals surface area (Å²) < 4.78 is 51.9. The minimum Gasteiger partial charge on any atom is -0.331 e. The van der Waals surface area contributed by atoms with Crippen LogP contribution in [0.25, 0.3) is 0 Å². The van der Waals surface area contributed by atoms with Crippen molar-refractivity contribution >= 4 is 5.78 Å². The average Bonchev–Trinajstić information content (AvgIpc) is 2.72. The van der Waals surface area contributed by atoms with Crippen LogP contribution < -0.4 is 0 Å². The largest absolute Gasteiger partial charge is 0.419 e. The molecule has 0 saturated heterocycles. The molecule has 0 bridgehead atoms. The normalized spacial score (nSPS) is 11.6. The molecule has 1 heterocycles. The van der Waals surface area contributed by atoms with Crippen LogP contribution in [0.3, 0.4) is 0 Å². The zero-order valence-electron chi connectivity index (χ0n) is 9.70. The van der Waals surface area contributed by atoms with Gasteiger partial charge >= 0.3 is 6.18 Å². The molecule has 0 atom stereocenters. The molecule has 0 aliphatic rings. The topological polar surface area (TPSA) is 34.9 Å². The number of ketones is 1. The SMILES string of the molecule is Cn1cncc1C(=O)c1ccc(C(F)(F)F)c(F)c1. The van der Waals surface area contributed by atoms with Crippen molar-refractivity contribution in [3.63, 3.8) is 0 Å². The summed E-state index contributed by atoms with van der Waals surface area (Å²) in [4.78, 5) is 15.6. The number of nitrogens with zero attached hydrogens (tertiary/aromatic N) is 2. The van der Waals surface area contributed by atoms with Gasteiger partial charge in [-0.15, -0.1) is 0 Å². The third kappa shape index (κ3) is 2.49. The summed E-state index contributed by atoms with van der Waals surface area (Å²) >= 11 is 0. The van der Waals surface area contributed by atoms with E-state index in [1.165, 1.54) is 17.1 Å². The number of benzene rings is 1. The van der Waals surface area contributed by atoms with Crippen molar-refractivity contribution in [3.8, 4) is 0 Å². The number of halogens is 4. The second kappa shape index (κ2) is 4.49. The molecule has 1 aromatic heterocycles. The maximum absolute atomic E-state index is 13.4. The number of hydrogen-bond acceptors (Lipinski definition) is 2. The summed E-state index contributed by atoms with van der Waals surface area (Å²) in [5.74, 6) is -2.06. The molecule has 0 aliphatic carbocycles. The van der Waals surface area contributed by atoms with Gasteiger partial charge in [0.15, 0.2) is 0 Å². The maximum atomic E-state index is 13.4. The molecule has 0 fully saturated rings. The van der Waals surface area contributed by atoms with E-state index in [0.717, 1.165) is 6.07 Å². The van der Waals surface area contributed by atoms with Gasteiger partial charge in [0.25, 0.3) is 0 Å². The maximum Gasteiger partial charge on any atom is 0.419 e. The Balaban J connectivity index is 2.41. The van der Waals surface area contributed by atoms with Crippen molar-refractivity contribution < 1.29 is 22.4 Å². The predicted octanol–water partition coefficient (Wildman–Crippen LogP) is 2.81. The number of hydrogen-bond donors (Lipinski definition) is 0. The number of aromatic nitrogens is 2. The highest BCUT2D eigenvalue weighted by atomic mass is 19.4. The molecule has 0 N–H and O–H groups in total. The zero-order valence-corrected chi connectivity index (χ0v) is 9.70. The molecule has 0 unspecified atom stereocenters. The number of carbonyl (C=O) groups excluding carboxylic acids is 1. The van der Waals surface area contributed by atoms with Crippen molar-refractivity contribution in [3.05, 3.63) is 53.4 Å². The summed E-state index contributed by atoms with van der Waals surface area (Å²) in [6, 6.07) is 2.08. The molecule has 7 heteroatoms. The molecule has 1 aromatic carbocycles. The second-order valence-corrected chi connectivity index (χ2v) is 3.91. The van der Waals surface area contributed by atoms with E-state index < -0.39 is 23.3 Å². The fourth-order valence-corrected chi connectivity index (χ4v) is 1.61. The van der Waals surface area contributed by atoms with E-state index in [2.05, 4.69) is 4.98 Å². The van der Waals surface area contributed by atoms with Crippen LogP contribution >= 0.6 is 0 Å². The van der Waals surface area contributed by atoms with Crippen molar-refractivity contribution in [2.75, 3.05) is 0 Å². The van der Waals surface area contributed by atoms with Gasteiger partial charge < -0.3 is 4.57 Å². The first-order valence-corrected chi connectivity index (χ1v) is 5.18. The molecule has 0 amide bonds. The van der Waals surface area contributed by atoms with E-state index in [-0.39, 0.29) is 11.3 Å². The van der Waals surface area contributed by atoms with Crippen molar-refractivity contribution in [1.82, 2.24) is 9.55 Å². The monoisotopic (exact) mass is 272 g/mol. The van der Waals surface area contributed by atoms with Crippen LogP contribution in [0.4, 0.5) is 17.6 Å². The Hall–Kier alpha value is -2.18. The van der Waals surface area contributed by atoms with E-state index in [9.17, 15) is 22.4 Å². The van der Waals surface area contributed by atoms with Gasteiger partial charge in [-0.1, -0.05) is 6.07 Å². The zero-order chi connectivity index (χ0) is 14.2. The lowest BCUT2D eigenvalue weighted by molar-refractivity contribution is -0.140. The summed E-state index contributed by atoms with van der Waals surface area (Å²) in [7, 11) is 1.56. The van der Waals surface area contributed by atoms with E-state index in [1.54, 1.807) is 7.05 Å². The predicted molar refractivity (Wildman–Crippen MR) is 58.0 cm³/mol. The summed E-state index contributed by atoms with van der Waals surface area (Å²) in [6.45, 7) is 0. The fraction of sp³-hybridized carbons (Fsp3) is 0.167. The van der Waals surface area contributed by atoms with Crippen molar-refractivity contribution in [1.29, 1.82) is 0 Å². The molecule has 0 spiro atoms. The van der Waals surface area contributed by atoms with Gasteiger partial charge in [0.05, 0.1) is 18.1 Å². The molecule has 0 saturated carbocycles. The molecular formula is C12H8F4N2O. The number of rotatable bonds is 2. The summed E-state index contributed by atoms with van der Waals surface area (Å²) in [6.07, 6.45) is -2.15. The van der Waals surface area contributed by atoms with Gasteiger partial charge in [-0.25, -0.2) is 9.37 Å². The molecular weight excluding hydrogens is 264 g/mol. The Morgan fingerprint density at radius 1 is 1.32 bits per heavy atom. The van der Waals surface area contributed by atoms with Crippen molar-refractivity contribution in [2.45, 2.75) is 6.18 Å². The first-order chi connectivity index (χ1) is 8.80. The van der Waals surface area contributed by atoms with Crippen LogP contribution in [0.1, 0.15) is 21.6 Å². The van der Waals surface area contributed by atoms with Crippen LogP contribution in [0.15, 0.2) is 30.7 Å². The molecule has 0 aliphatic heterocycles. The number of aryl methyl sites for hydroxylation is 1. The third-order valence-electron chi connectivity index (χ3n) is 2.59. The van der Waals surface area contributed by atoms with Crippen LogP contribution in [0.2, 0.25) is 0 Å². The Morgan fingerprint density at radius 3 is 2.47 bits per heavy atom. The standard InChI is InChI=1S/C12H8F4N2O/c1-18-6-17-5-10(18)11(19)7-2-3-8(9(13)4-7)12(14,15)16/h2-6H,1H3. The quantitative estimate of drug-likeness (QED) is 0.622. The Morgan fingerprint density at radius 2 is 2.00 bits per heavy atom. The van der Waals surface area contributed by atoms with Crippen molar-refractivity contribution in [2.24, 2.45) is 7.05 Å². The molecule has 100 valence electrons. The third-order valence-corrected chi connectivity index (χ3v) is 2.59. The fourth-order valence-electron chi connectivity index (χ4n) is 1.61. The van der Waals surface area contributed by atoms with E-state index in [1.807, 2.05) is 0 Å². The van der Waals surface area contributed by atoms with Crippen LogP contribution in [-0.4, -0.2) is 15.3 Å². The molecule has 19 heavy (non-hydrogen) atoms. The highest BCUT2D eigenvalue weighted by Gasteiger charge is 2.34. The Labute approximate surface area is 105 Å². The molecule has 0 radical (unpaired) electrons. The molecule has 2 rings (SSSR count). The number of imidazole rings is 1. The minimum absolute atomic E-state index is 0.158. The number of alkyl halides is 3. The molecule has 3 nitrogen and oxygen atoms in total. The first kappa shape index (κ1) is 13.3. The van der Waals surface area contributed by atoms with Gasteiger partial charge in [-0.3, -0.25) is 4.79 Å². The lowest BCUT2D eigenvalue weighted by atomic mass is 10.1. The highest BCUT2D eigenvalue weighted by molar-refractivity contribution is 6.07. The highest BCUT2D eigenvalue weighted by Crippen LogP contribution is 2.31.